The normalized spacial score (nSPS) is 14.3. The van der Waals surface area contributed by atoms with Gasteiger partial charge in [0.15, 0.2) is 11.6 Å². The molecule has 0 amide bonds. The number of nitrogen functional groups attached to an aromatic ring is 1. The minimum Gasteiger partial charge on any atom is -0.462 e. The molecule has 0 spiro atoms. The second-order valence-corrected chi connectivity index (χ2v) is 7.30. The minimum absolute atomic E-state index is 0.308. The van der Waals surface area contributed by atoms with E-state index in [2.05, 4.69) is 20.6 Å². The van der Waals surface area contributed by atoms with Gasteiger partial charge in [0.05, 0.1) is 12.2 Å². The van der Waals surface area contributed by atoms with Crippen LogP contribution in [0.4, 0.5) is 23.0 Å². The van der Waals surface area contributed by atoms with Gasteiger partial charge in [0, 0.05) is 11.7 Å². The van der Waals surface area contributed by atoms with Crippen molar-refractivity contribution in [3.8, 4) is 0 Å². The second-order valence-electron chi connectivity index (χ2n) is 7.30. The lowest BCUT2D eigenvalue weighted by Crippen LogP contribution is -2.17. The molecule has 1 aliphatic carbocycles. The lowest BCUT2D eigenvalue weighted by Gasteiger charge is -2.16. The van der Waals surface area contributed by atoms with Crippen LogP contribution in [0.15, 0.2) is 30.6 Å². The Labute approximate surface area is 159 Å². The van der Waals surface area contributed by atoms with E-state index in [1.807, 2.05) is 13.8 Å². The summed E-state index contributed by atoms with van der Waals surface area (Å²) < 4.78 is 5.24. The highest BCUT2D eigenvalue weighted by Gasteiger charge is 2.17. The van der Waals surface area contributed by atoms with Crippen LogP contribution in [0, 0.1) is 5.92 Å². The van der Waals surface area contributed by atoms with Gasteiger partial charge in [-0.05, 0) is 43.0 Å². The van der Waals surface area contributed by atoms with E-state index in [9.17, 15) is 4.79 Å². The number of nitrogens with one attached hydrogen (secondary N) is 2. The first-order valence-corrected chi connectivity index (χ1v) is 9.44. The van der Waals surface area contributed by atoms with Crippen molar-refractivity contribution in [3.05, 3.63) is 36.2 Å². The van der Waals surface area contributed by atoms with Crippen molar-refractivity contribution in [1.82, 2.24) is 9.97 Å². The highest BCUT2D eigenvalue weighted by Crippen LogP contribution is 2.29. The number of carbonyl (C=O) groups excluding carboxylic acids is 1. The van der Waals surface area contributed by atoms with Crippen molar-refractivity contribution in [1.29, 1.82) is 0 Å². The summed E-state index contributed by atoms with van der Waals surface area (Å²) in [7, 11) is 0. The van der Waals surface area contributed by atoms with Crippen LogP contribution in [0.3, 0.4) is 0 Å². The summed E-state index contributed by atoms with van der Waals surface area (Å²) in [5, 5.41) is 6.59. The highest BCUT2D eigenvalue weighted by atomic mass is 16.5. The quantitative estimate of drug-likeness (QED) is 0.635. The molecule has 144 valence electrons. The smallest absolute Gasteiger partial charge is 0.338 e. The van der Waals surface area contributed by atoms with Gasteiger partial charge < -0.3 is 21.1 Å². The fourth-order valence-corrected chi connectivity index (χ4v) is 3.03. The van der Waals surface area contributed by atoms with Gasteiger partial charge in [-0.25, -0.2) is 14.8 Å². The van der Waals surface area contributed by atoms with E-state index in [1.165, 1.54) is 19.2 Å². The number of anilines is 4. The molecule has 7 nitrogen and oxygen atoms in total. The Bertz CT molecular complexity index is 770. The summed E-state index contributed by atoms with van der Waals surface area (Å²) in [6.45, 7) is 4.41. The summed E-state index contributed by atoms with van der Waals surface area (Å²) in [5.41, 5.74) is 8.02. The molecule has 4 N–H and O–H groups in total. The summed E-state index contributed by atoms with van der Waals surface area (Å²) in [6.07, 6.45) is 6.24. The molecule has 1 saturated carbocycles. The van der Waals surface area contributed by atoms with Crippen LogP contribution in [0.5, 0.6) is 0 Å². The first-order valence-electron chi connectivity index (χ1n) is 9.44. The van der Waals surface area contributed by atoms with Gasteiger partial charge in [0.1, 0.15) is 12.0 Å². The molecule has 0 aliphatic heterocycles. The standard InChI is InChI=1S/C20H27N5O2/c1-13(2)11-27-20(26)14-7-9-16(10-8-14)25-19-17(21)18(22-12-23-19)24-15-5-3-4-6-15/h7-10,12-13,15H,3-6,11,21H2,1-2H3,(H2,22,23,24,25). The summed E-state index contributed by atoms with van der Waals surface area (Å²) >= 11 is 0. The van der Waals surface area contributed by atoms with E-state index in [-0.39, 0.29) is 5.97 Å². The third-order valence-corrected chi connectivity index (χ3v) is 4.51. The summed E-state index contributed by atoms with van der Waals surface area (Å²) in [5.74, 6) is 1.19. The van der Waals surface area contributed by atoms with E-state index >= 15 is 0 Å². The zero-order chi connectivity index (χ0) is 19.2. The van der Waals surface area contributed by atoms with Gasteiger partial charge in [0.2, 0.25) is 0 Å². The zero-order valence-electron chi connectivity index (χ0n) is 15.9. The Morgan fingerprint density at radius 3 is 2.52 bits per heavy atom. The molecule has 7 heteroatoms. The van der Waals surface area contributed by atoms with Crippen LogP contribution >= 0.6 is 0 Å². The Hall–Kier alpha value is -2.83. The third kappa shape index (κ3) is 5.09. The van der Waals surface area contributed by atoms with Crippen molar-refractivity contribution < 1.29 is 9.53 Å². The third-order valence-electron chi connectivity index (χ3n) is 4.51. The molecule has 0 bridgehead atoms. The highest BCUT2D eigenvalue weighted by molar-refractivity contribution is 5.90. The average molecular weight is 369 g/mol. The van der Waals surface area contributed by atoms with Crippen molar-refractivity contribution in [3.63, 3.8) is 0 Å². The van der Waals surface area contributed by atoms with Gasteiger partial charge in [-0.15, -0.1) is 0 Å². The number of benzene rings is 1. The number of carbonyl (C=O) groups is 1. The minimum atomic E-state index is -0.320. The summed E-state index contributed by atoms with van der Waals surface area (Å²) in [6, 6.07) is 7.47. The average Bonchev–Trinajstić information content (AvgIpc) is 3.17. The maximum Gasteiger partial charge on any atom is 0.338 e. The van der Waals surface area contributed by atoms with Crippen molar-refractivity contribution in [2.45, 2.75) is 45.6 Å². The second kappa shape index (κ2) is 8.70. The first-order chi connectivity index (χ1) is 13.0. The van der Waals surface area contributed by atoms with Gasteiger partial charge in [0.25, 0.3) is 0 Å². The van der Waals surface area contributed by atoms with E-state index in [1.54, 1.807) is 24.3 Å². The molecule has 27 heavy (non-hydrogen) atoms. The first kappa shape index (κ1) is 18.9. The van der Waals surface area contributed by atoms with Crippen molar-refractivity contribution in [2.75, 3.05) is 23.0 Å². The van der Waals surface area contributed by atoms with Crippen LogP contribution in [-0.4, -0.2) is 28.6 Å². The fraction of sp³-hybridized carbons (Fsp3) is 0.450. The molecule has 0 atom stereocenters. The van der Waals surface area contributed by atoms with Crippen molar-refractivity contribution in [2.24, 2.45) is 5.92 Å². The van der Waals surface area contributed by atoms with E-state index < -0.39 is 0 Å². The Kier molecular flexibility index (Phi) is 6.11. The van der Waals surface area contributed by atoms with Crippen molar-refractivity contribution >= 4 is 29.0 Å². The van der Waals surface area contributed by atoms with Crippen LogP contribution in [-0.2, 0) is 4.74 Å². The Balaban J connectivity index is 1.65. The number of hydrogen-bond donors (Lipinski definition) is 3. The lowest BCUT2D eigenvalue weighted by molar-refractivity contribution is 0.0459. The topological polar surface area (TPSA) is 102 Å². The number of nitrogens with two attached hydrogens (primary N) is 1. The molecular formula is C20H27N5O2. The molecule has 2 aromatic rings. The van der Waals surface area contributed by atoms with E-state index in [4.69, 9.17) is 10.5 Å². The van der Waals surface area contributed by atoms with Gasteiger partial charge in [-0.1, -0.05) is 26.7 Å². The van der Waals surface area contributed by atoms with Crippen LogP contribution < -0.4 is 16.4 Å². The number of ether oxygens (including phenoxy) is 1. The monoisotopic (exact) mass is 369 g/mol. The fourth-order valence-electron chi connectivity index (χ4n) is 3.03. The molecule has 1 fully saturated rings. The molecule has 0 saturated heterocycles. The maximum absolute atomic E-state index is 12.0. The molecule has 3 rings (SSSR count). The molecular weight excluding hydrogens is 342 g/mol. The van der Waals surface area contributed by atoms with Crippen LogP contribution in [0.1, 0.15) is 49.9 Å². The predicted octanol–water partition coefficient (Wildman–Crippen LogP) is 3.97. The van der Waals surface area contributed by atoms with Crippen LogP contribution in [0.2, 0.25) is 0 Å². The van der Waals surface area contributed by atoms with Gasteiger partial charge >= 0.3 is 5.97 Å². The molecule has 1 aromatic heterocycles. The number of nitrogens with zero attached hydrogens (tertiary/aromatic N) is 2. The Morgan fingerprint density at radius 1 is 1.19 bits per heavy atom. The predicted molar refractivity (Wildman–Crippen MR) is 107 cm³/mol. The largest absolute Gasteiger partial charge is 0.462 e. The molecule has 1 heterocycles. The SMILES string of the molecule is CC(C)COC(=O)c1ccc(Nc2ncnc(NC3CCCC3)c2N)cc1. The molecule has 1 aliphatic rings. The number of aromatic nitrogens is 2. The Morgan fingerprint density at radius 2 is 1.85 bits per heavy atom. The van der Waals surface area contributed by atoms with Gasteiger partial charge in [-0.2, -0.15) is 0 Å². The van der Waals surface area contributed by atoms with E-state index in [0.29, 0.717) is 41.5 Å². The van der Waals surface area contributed by atoms with E-state index in [0.717, 1.165) is 18.5 Å². The summed E-state index contributed by atoms with van der Waals surface area (Å²) in [4.78, 5) is 20.5. The lowest BCUT2D eigenvalue weighted by atomic mass is 10.2. The maximum atomic E-state index is 12.0. The zero-order valence-corrected chi connectivity index (χ0v) is 15.9. The number of rotatable bonds is 7. The number of esters is 1. The van der Waals surface area contributed by atoms with Gasteiger partial charge in [-0.3, -0.25) is 0 Å². The molecule has 0 unspecified atom stereocenters. The number of hydrogen-bond acceptors (Lipinski definition) is 7. The van der Waals surface area contributed by atoms with Crippen LogP contribution in [0.25, 0.3) is 0 Å². The molecule has 0 radical (unpaired) electrons. The molecule has 1 aromatic carbocycles.